The van der Waals surface area contributed by atoms with E-state index in [1.54, 1.807) is 0 Å². The van der Waals surface area contributed by atoms with Gasteiger partial charge in [-0.25, -0.2) is 4.79 Å². The van der Waals surface area contributed by atoms with E-state index >= 15 is 0 Å². The molecular weight excluding hydrogens is 232 g/mol. The number of carbonyl (C=O) groups is 2. The molecule has 0 aromatic rings. The SMILES string of the molecule is CC(=O)OCC(=O)OC(C)C1CCCC(C)(C)C1. The third-order valence-corrected chi connectivity index (χ3v) is 3.62. The number of hydrogen-bond acceptors (Lipinski definition) is 4. The van der Waals surface area contributed by atoms with Crippen LogP contribution in [0.5, 0.6) is 0 Å². The zero-order valence-corrected chi connectivity index (χ0v) is 11.8. The van der Waals surface area contributed by atoms with Gasteiger partial charge in [0.15, 0.2) is 6.61 Å². The van der Waals surface area contributed by atoms with E-state index in [-0.39, 0.29) is 12.7 Å². The van der Waals surface area contributed by atoms with E-state index in [1.165, 1.54) is 19.8 Å². The van der Waals surface area contributed by atoms with E-state index in [0.29, 0.717) is 11.3 Å². The summed E-state index contributed by atoms with van der Waals surface area (Å²) in [6.45, 7) is 7.44. The molecule has 0 aliphatic heterocycles. The number of rotatable bonds is 4. The third kappa shape index (κ3) is 5.07. The highest BCUT2D eigenvalue weighted by atomic mass is 16.6. The molecule has 0 heterocycles. The molecule has 0 amide bonds. The minimum absolute atomic E-state index is 0.104. The Hall–Kier alpha value is -1.06. The van der Waals surface area contributed by atoms with Gasteiger partial charge in [-0.3, -0.25) is 4.79 Å². The Morgan fingerprint density at radius 3 is 2.61 bits per heavy atom. The van der Waals surface area contributed by atoms with Gasteiger partial charge < -0.3 is 9.47 Å². The lowest BCUT2D eigenvalue weighted by Gasteiger charge is -2.37. The lowest BCUT2D eigenvalue weighted by molar-refractivity contribution is -0.163. The Kier molecular flexibility index (Phi) is 5.17. The fourth-order valence-electron chi connectivity index (χ4n) is 2.66. The molecule has 1 aliphatic rings. The molecule has 2 atom stereocenters. The monoisotopic (exact) mass is 256 g/mol. The molecule has 1 saturated carbocycles. The van der Waals surface area contributed by atoms with Crippen LogP contribution in [-0.4, -0.2) is 24.6 Å². The van der Waals surface area contributed by atoms with Crippen molar-refractivity contribution in [1.29, 1.82) is 0 Å². The first-order valence-electron chi connectivity index (χ1n) is 6.63. The van der Waals surface area contributed by atoms with Crippen LogP contribution in [0.1, 0.15) is 53.4 Å². The van der Waals surface area contributed by atoms with Crippen LogP contribution in [0.15, 0.2) is 0 Å². The summed E-state index contributed by atoms with van der Waals surface area (Å²) >= 11 is 0. The molecule has 1 fully saturated rings. The topological polar surface area (TPSA) is 52.6 Å². The van der Waals surface area contributed by atoms with Crippen molar-refractivity contribution in [3.63, 3.8) is 0 Å². The summed E-state index contributed by atoms with van der Waals surface area (Å²) < 4.78 is 9.94. The zero-order valence-electron chi connectivity index (χ0n) is 11.8. The van der Waals surface area contributed by atoms with Gasteiger partial charge in [-0.2, -0.15) is 0 Å². The molecule has 0 saturated heterocycles. The Balaban J connectivity index is 2.37. The predicted octanol–water partition coefficient (Wildman–Crippen LogP) is 2.70. The van der Waals surface area contributed by atoms with Gasteiger partial charge in [-0.15, -0.1) is 0 Å². The second kappa shape index (κ2) is 6.21. The quantitative estimate of drug-likeness (QED) is 0.726. The van der Waals surface area contributed by atoms with Gasteiger partial charge in [0.1, 0.15) is 6.10 Å². The van der Waals surface area contributed by atoms with E-state index in [4.69, 9.17) is 4.74 Å². The summed E-state index contributed by atoms with van der Waals surface area (Å²) in [7, 11) is 0. The summed E-state index contributed by atoms with van der Waals surface area (Å²) in [5.74, 6) is -0.505. The van der Waals surface area contributed by atoms with E-state index in [0.717, 1.165) is 12.8 Å². The maximum Gasteiger partial charge on any atom is 0.344 e. The molecule has 104 valence electrons. The lowest BCUT2D eigenvalue weighted by Crippen LogP contribution is -2.33. The maximum absolute atomic E-state index is 11.5. The lowest BCUT2D eigenvalue weighted by atomic mass is 9.71. The van der Waals surface area contributed by atoms with Gasteiger partial charge in [0.05, 0.1) is 0 Å². The van der Waals surface area contributed by atoms with Gasteiger partial charge in [0, 0.05) is 6.92 Å². The van der Waals surface area contributed by atoms with Crippen molar-refractivity contribution in [1.82, 2.24) is 0 Å². The Morgan fingerprint density at radius 1 is 1.39 bits per heavy atom. The van der Waals surface area contributed by atoms with Crippen molar-refractivity contribution in [2.45, 2.75) is 59.5 Å². The molecule has 2 unspecified atom stereocenters. The van der Waals surface area contributed by atoms with Crippen LogP contribution < -0.4 is 0 Å². The third-order valence-electron chi connectivity index (χ3n) is 3.62. The molecule has 0 radical (unpaired) electrons. The summed E-state index contributed by atoms with van der Waals surface area (Å²) in [4.78, 5) is 22.1. The van der Waals surface area contributed by atoms with Crippen LogP contribution >= 0.6 is 0 Å². The molecule has 0 N–H and O–H groups in total. The highest BCUT2D eigenvalue weighted by Gasteiger charge is 2.32. The fraction of sp³-hybridized carbons (Fsp3) is 0.857. The largest absolute Gasteiger partial charge is 0.460 e. The van der Waals surface area contributed by atoms with Crippen molar-refractivity contribution in [3.8, 4) is 0 Å². The fourth-order valence-corrected chi connectivity index (χ4v) is 2.66. The average molecular weight is 256 g/mol. The minimum atomic E-state index is -0.460. The first-order valence-corrected chi connectivity index (χ1v) is 6.63. The predicted molar refractivity (Wildman–Crippen MR) is 67.9 cm³/mol. The Bertz CT molecular complexity index is 309. The highest BCUT2D eigenvalue weighted by molar-refractivity contribution is 5.75. The molecule has 1 aliphatic carbocycles. The highest BCUT2D eigenvalue weighted by Crippen LogP contribution is 2.40. The second-order valence-corrected chi connectivity index (χ2v) is 6.00. The minimum Gasteiger partial charge on any atom is -0.460 e. The maximum atomic E-state index is 11.5. The first kappa shape index (κ1) is 15.0. The van der Waals surface area contributed by atoms with Gasteiger partial charge >= 0.3 is 11.9 Å². The molecule has 0 aromatic heterocycles. The Morgan fingerprint density at radius 2 is 2.06 bits per heavy atom. The van der Waals surface area contributed by atoms with E-state index in [9.17, 15) is 9.59 Å². The van der Waals surface area contributed by atoms with Crippen LogP contribution in [0.4, 0.5) is 0 Å². The number of hydrogen-bond donors (Lipinski definition) is 0. The van der Waals surface area contributed by atoms with Crippen molar-refractivity contribution >= 4 is 11.9 Å². The van der Waals surface area contributed by atoms with Crippen LogP contribution in [0, 0.1) is 11.3 Å². The molecule has 18 heavy (non-hydrogen) atoms. The number of esters is 2. The first-order chi connectivity index (χ1) is 8.30. The zero-order chi connectivity index (χ0) is 13.8. The summed E-state index contributed by atoms with van der Waals surface area (Å²) in [5, 5.41) is 0. The molecule has 0 spiro atoms. The van der Waals surface area contributed by atoms with Gasteiger partial charge in [0.2, 0.25) is 0 Å². The molecule has 1 rings (SSSR count). The summed E-state index contributed by atoms with van der Waals surface area (Å²) in [5.41, 5.74) is 0.333. The van der Waals surface area contributed by atoms with Crippen LogP contribution in [0.3, 0.4) is 0 Å². The molecular formula is C14H24O4. The van der Waals surface area contributed by atoms with Crippen LogP contribution in [0.2, 0.25) is 0 Å². The van der Waals surface area contributed by atoms with Crippen molar-refractivity contribution in [2.24, 2.45) is 11.3 Å². The van der Waals surface area contributed by atoms with Crippen molar-refractivity contribution < 1.29 is 19.1 Å². The second-order valence-electron chi connectivity index (χ2n) is 6.00. The van der Waals surface area contributed by atoms with Gasteiger partial charge in [-0.05, 0) is 37.5 Å². The number of ether oxygens (including phenoxy) is 2. The van der Waals surface area contributed by atoms with Crippen LogP contribution in [0.25, 0.3) is 0 Å². The summed E-state index contributed by atoms with van der Waals surface area (Å²) in [6, 6.07) is 0. The Labute approximate surface area is 109 Å². The summed E-state index contributed by atoms with van der Waals surface area (Å²) in [6.07, 6.45) is 4.49. The molecule has 0 bridgehead atoms. The molecule has 0 aromatic carbocycles. The molecule has 4 nitrogen and oxygen atoms in total. The van der Waals surface area contributed by atoms with Gasteiger partial charge in [0.25, 0.3) is 0 Å². The van der Waals surface area contributed by atoms with Gasteiger partial charge in [-0.1, -0.05) is 20.3 Å². The van der Waals surface area contributed by atoms with Crippen LogP contribution in [-0.2, 0) is 19.1 Å². The average Bonchev–Trinajstić information content (AvgIpc) is 2.25. The molecule has 4 heteroatoms. The van der Waals surface area contributed by atoms with E-state index in [1.807, 2.05) is 6.92 Å². The van der Waals surface area contributed by atoms with Crippen molar-refractivity contribution in [3.05, 3.63) is 0 Å². The normalized spacial score (nSPS) is 24.1. The van der Waals surface area contributed by atoms with E-state index < -0.39 is 11.9 Å². The van der Waals surface area contributed by atoms with E-state index in [2.05, 4.69) is 18.6 Å². The smallest absolute Gasteiger partial charge is 0.344 e. The van der Waals surface area contributed by atoms with Crippen molar-refractivity contribution in [2.75, 3.05) is 6.61 Å². The standard InChI is InChI=1S/C14H24O4/c1-10(18-13(16)9-17-11(2)15)12-6-5-7-14(3,4)8-12/h10,12H,5-9H2,1-4H3. The number of carbonyl (C=O) groups excluding carboxylic acids is 2.